The number of benzene rings is 1. The fraction of sp³-hybridized carbons (Fsp3) is 0.471. The van der Waals surface area contributed by atoms with E-state index in [4.69, 9.17) is 0 Å². The molecule has 0 fully saturated rings. The Kier molecular flexibility index (Phi) is 4.76. The van der Waals surface area contributed by atoms with Crippen LogP contribution in [0.5, 0.6) is 0 Å². The standard InChI is InChI=1S/C17H24N4O2S/c1-14-6-4-5-7-17(14)24(22,23)21-13-15-8-10-18-20(15)11-9-16(21)12-19(2)3/h4-8,10,16H,9,11-13H2,1-3H3. The number of sulfonamides is 1. The van der Waals surface area contributed by atoms with Crippen molar-refractivity contribution in [2.75, 3.05) is 20.6 Å². The second-order valence-corrected chi connectivity index (χ2v) is 8.43. The Hall–Kier alpha value is -1.70. The number of aromatic nitrogens is 2. The third-order valence-corrected chi connectivity index (χ3v) is 6.52. The lowest BCUT2D eigenvalue weighted by atomic mass is 10.2. The first kappa shape index (κ1) is 17.1. The van der Waals surface area contributed by atoms with Gasteiger partial charge in [-0.3, -0.25) is 4.68 Å². The third-order valence-electron chi connectivity index (χ3n) is 4.46. The number of hydrogen-bond donors (Lipinski definition) is 0. The molecule has 1 atom stereocenters. The SMILES string of the molecule is Cc1ccccc1S(=O)(=O)N1Cc2ccnn2CCC1CN(C)C. The molecule has 1 aliphatic rings. The molecule has 0 radical (unpaired) electrons. The van der Waals surface area contributed by atoms with Crippen LogP contribution in [-0.4, -0.2) is 54.1 Å². The second kappa shape index (κ2) is 6.66. The Morgan fingerprint density at radius 2 is 2.00 bits per heavy atom. The molecule has 130 valence electrons. The summed E-state index contributed by atoms with van der Waals surface area (Å²) in [5, 5.41) is 4.32. The molecule has 6 nitrogen and oxygen atoms in total. The Morgan fingerprint density at radius 1 is 1.25 bits per heavy atom. The zero-order chi connectivity index (χ0) is 17.3. The minimum absolute atomic E-state index is 0.0775. The number of hydrogen-bond acceptors (Lipinski definition) is 4. The summed E-state index contributed by atoms with van der Waals surface area (Å²) in [6.45, 7) is 3.63. The van der Waals surface area contributed by atoms with Crippen LogP contribution in [0.15, 0.2) is 41.4 Å². The molecule has 3 rings (SSSR count). The van der Waals surface area contributed by atoms with E-state index in [1.165, 1.54) is 0 Å². The maximum atomic E-state index is 13.4. The van der Waals surface area contributed by atoms with E-state index in [0.717, 1.165) is 24.2 Å². The summed E-state index contributed by atoms with van der Waals surface area (Å²) < 4.78 is 30.3. The molecule has 24 heavy (non-hydrogen) atoms. The van der Waals surface area contributed by atoms with Gasteiger partial charge in [0.05, 0.1) is 17.1 Å². The maximum Gasteiger partial charge on any atom is 0.243 e. The highest BCUT2D eigenvalue weighted by Crippen LogP contribution is 2.27. The lowest BCUT2D eigenvalue weighted by molar-refractivity contribution is 0.239. The number of aryl methyl sites for hydroxylation is 2. The summed E-state index contributed by atoms with van der Waals surface area (Å²) in [6, 6.07) is 9.01. The van der Waals surface area contributed by atoms with Gasteiger partial charge < -0.3 is 4.90 Å². The molecule has 0 bridgehead atoms. The van der Waals surface area contributed by atoms with Crippen LogP contribution >= 0.6 is 0 Å². The Bertz CT molecular complexity index is 814. The maximum absolute atomic E-state index is 13.4. The van der Waals surface area contributed by atoms with Crippen molar-refractivity contribution in [3.8, 4) is 0 Å². The van der Waals surface area contributed by atoms with Gasteiger partial charge in [-0.15, -0.1) is 0 Å². The van der Waals surface area contributed by atoms with E-state index >= 15 is 0 Å². The van der Waals surface area contributed by atoms with Crippen LogP contribution < -0.4 is 0 Å². The molecule has 0 N–H and O–H groups in total. The van der Waals surface area contributed by atoms with Crippen molar-refractivity contribution in [2.24, 2.45) is 0 Å². The third kappa shape index (κ3) is 3.24. The monoisotopic (exact) mass is 348 g/mol. The predicted octanol–water partition coefficient (Wildman–Crippen LogP) is 1.72. The minimum atomic E-state index is -3.57. The average molecular weight is 348 g/mol. The van der Waals surface area contributed by atoms with E-state index in [0.29, 0.717) is 18.0 Å². The fourth-order valence-electron chi connectivity index (χ4n) is 3.26. The molecule has 2 aromatic rings. The van der Waals surface area contributed by atoms with Crippen molar-refractivity contribution in [2.45, 2.75) is 37.4 Å². The highest BCUT2D eigenvalue weighted by molar-refractivity contribution is 7.89. The van der Waals surface area contributed by atoms with Crippen molar-refractivity contribution in [1.29, 1.82) is 0 Å². The second-order valence-electron chi connectivity index (χ2n) is 6.57. The minimum Gasteiger partial charge on any atom is -0.308 e. The summed E-state index contributed by atoms with van der Waals surface area (Å²) in [6.07, 6.45) is 2.48. The summed E-state index contributed by atoms with van der Waals surface area (Å²) in [5.74, 6) is 0. The number of nitrogens with zero attached hydrogens (tertiary/aromatic N) is 4. The molecular formula is C17H24N4O2S. The van der Waals surface area contributed by atoms with Gasteiger partial charge in [-0.2, -0.15) is 9.40 Å². The summed E-state index contributed by atoms with van der Waals surface area (Å²) in [7, 11) is 0.383. The summed E-state index contributed by atoms with van der Waals surface area (Å²) >= 11 is 0. The van der Waals surface area contributed by atoms with Gasteiger partial charge in [0.15, 0.2) is 0 Å². The lowest BCUT2D eigenvalue weighted by Gasteiger charge is -2.31. The zero-order valence-electron chi connectivity index (χ0n) is 14.4. The van der Waals surface area contributed by atoms with Gasteiger partial charge in [0.1, 0.15) is 0 Å². The Morgan fingerprint density at radius 3 is 2.71 bits per heavy atom. The van der Waals surface area contributed by atoms with Crippen LogP contribution in [-0.2, 0) is 23.1 Å². The van der Waals surface area contributed by atoms with Crippen molar-refractivity contribution < 1.29 is 8.42 Å². The van der Waals surface area contributed by atoms with Crippen LogP contribution in [0.3, 0.4) is 0 Å². The van der Waals surface area contributed by atoms with Gasteiger partial charge in [0, 0.05) is 25.3 Å². The molecular weight excluding hydrogens is 324 g/mol. The molecule has 0 saturated heterocycles. The molecule has 2 heterocycles. The van der Waals surface area contributed by atoms with Gasteiger partial charge in [0.25, 0.3) is 0 Å². The average Bonchev–Trinajstić information content (AvgIpc) is 2.89. The van der Waals surface area contributed by atoms with Crippen molar-refractivity contribution in [3.05, 3.63) is 47.8 Å². The topological polar surface area (TPSA) is 58.4 Å². The first-order chi connectivity index (χ1) is 11.4. The fourth-order valence-corrected chi connectivity index (χ4v) is 5.10. The number of likely N-dealkylation sites (N-methyl/N-ethyl adjacent to an activating group) is 1. The molecule has 0 aliphatic carbocycles. The zero-order valence-corrected chi connectivity index (χ0v) is 15.2. The predicted molar refractivity (Wildman–Crippen MR) is 93.1 cm³/mol. The molecule has 7 heteroatoms. The molecule has 0 amide bonds. The largest absolute Gasteiger partial charge is 0.308 e. The van der Waals surface area contributed by atoms with Gasteiger partial charge >= 0.3 is 0 Å². The normalized spacial score (nSPS) is 19.2. The quantitative estimate of drug-likeness (QED) is 0.844. The highest BCUT2D eigenvalue weighted by Gasteiger charge is 2.35. The Balaban J connectivity index is 2.04. The van der Waals surface area contributed by atoms with E-state index in [2.05, 4.69) is 5.10 Å². The molecule has 1 aliphatic heterocycles. The van der Waals surface area contributed by atoms with E-state index in [1.54, 1.807) is 22.6 Å². The highest BCUT2D eigenvalue weighted by atomic mass is 32.2. The van der Waals surface area contributed by atoms with E-state index in [-0.39, 0.29) is 6.04 Å². The van der Waals surface area contributed by atoms with Crippen LogP contribution in [0.25, 0.3) is 0 Å². The van der Waals surface area contributed by atoms with Crippen molar-refractivity contribution in [3.63, 3.8) is 0 Å². The van der Waals surface area contributed by atoms with Gasteiger partial charge in [-0.1, -0.05) is 18.2 Å². The molecule has 1 unspecified atom stereocenters. The molecule has 0 saturated carbocycles. The van der Waals surface area contributed by atoms with Crippen molar-refractivity contribution in [1.82, 2.24) is 19.0 Å². The smallest absolute Gasteiger partial charge is 0.243 e. The van der Waals surface area contributed by atoms with E-state index in [1.807, 2.05) is 48.8 Å². The Labute approximate surface area is 143 Å². The van der Waals surface area contributed by atoms with Crippen LogP contribution in [0, 0.1) is 6.92 Å². The van der Waals surface area contributed by atoms with Crippen LogP contribution in [0.1, 0.15) is 17.7 Å². The van der Waals surface area contributed by atoms with Gasteiger partial charge in [-0.25, -0.2) is 8.42 Å². The number of rotatable bonds is 4. The first-order valence-electron chi connectivity index (χ1n) is 8.12. The molecule has 1 aromatic carbocycles. The van der Waals surface area contributed by atoms with E-state index in [9.17, 15) is 8.42 Å². The molecule has 0 spiro atoms. The van der Waals surface area contributed by atoms with Gasteiger partial charge in [0.2, 0.25) is 10.0 Å². The van der Waals surface area contributed by atoms with Crippen LogP contribution in [0.2, 0.25) is 0 Å². The summed E-state index contributed by atoms with van der Waals surface area (Å²) in [4.78, 5) is 2.43. The summed E-state index contributed by atoms with van der Waals surface area (Å²) in [5.41, 5.74) is 1.72. The van der Waals surface area contributed by atoms with Crippen LogP contribution in [0.4, 0.5) is 0 Å². The van der Waals surface area contributed by atoms with Crippen molar-refractivity contribution >= 4 is 10.0 Å². The van der Waals surface area contributed by atoms with Gasteiger partial charge in [-0.05, 0) is 45.1 Å². The van der Waals surface area contributed by atoms with E-state index < -0.39 is 10.0 Å². The lowest BCUT2D eigenvalue weighted by Crippen LogP contribution is -2.44. The molecule has 1 aromatic heterocycles. The number of fused-ring (bicyclic) bond motifs is 1. The first-order valence-corrected chi connectivity index (χ1v) is 9.56.